The van der Waals surface area contributed by atoms with Gasteiger partial charge in [0, 0.05) is 5.69 Å². The molecule has 7 nitrogen and oxygen atoms in total. The molecule has 2 aromatic rings. The number of nitrogens with zero attached hydrogens (tertiary/aromatic N) is 1. The molecule has 134 valence electrons. The van der Waals surface area contributed by atoms with Gasteiger partial charge in [-0.25, -0.2) is 8.57 Å². The number of nitrogen functional groups attached to an aromatic ring is 1. The molecular weight excluding hydrogens is 365 g/mol. The summed E-state index contributed by atoms with van der Waals surface area (Å²) >= 11 is 0. The van der Waals surface area contributed by atoms with Crippen LogP contribution in [0.25, 0.3) is 0 Å². The standard InChI is InChI=1S/C14H11F3N2O5S/c15-10-3-1-9(2-4-10)13(14(16,17)19(20)21)24-25(22,23)12-7-5-11(18)6-8-12/h1-8,13H,18H2/t13-/m0/s1. The molecule has 0 saturated heterocycles. The van der Waals surface area contributed by atoms with Crippen LogP contribution < -0.4 is 5.73 Å². The van der Waals surface area contributed by atoms with Crippen molar-refractivity contribution >= 4 is 15.8 Å². The fourth-order valence-corrected chi connectivity index (χ4v) is 2.92. The second kappa shape index (κ2) is 6.69. The van der Waals surface area contributed by atoms with Crippen molar-refractivity contribution in [3.05, 3.63) is 70.0 Å². The van der Waals surface area contributed by atoms with Gasteiger partial charge >= 0.3 is 6.05 Å². The lowest BCUT2D eigenvalue weighted by Crippen LogP contribution is -2.37. The Balaban J connectivity index is 2.47. The third-order valence-corrected chi connectivity index (χ3v) is 4.42. The van der Waals surface area contributed by atoms with Crippen LogP contribution in [0.5, 0.6) is 0 Å². The first-order valence-electron chi connectivity index (χ1n) is 6.60. The lowest BCUT2D eigenvalue weighted by Gasteiger charge is -2.20. The lowest BCUT2D eigenvalue weighted by molar-refractivity contribution is -0.657. The summed E-state index contributed by atoms with van der Waals surface area (Å²) < 4.78 is 69.5. The highest BCUT2D eigenvalue weighted by molar-refractivity contribution is 7.86. The molecule has 0 bridgehead atoms. The average Bonchev–Trinajstić information content (AvgIpc) is 2.54. The summed E-state index contributed by atoms with van der Waals surface area (Å²) in [6, 6.07) is 2.64. The molecule has 0 fully saturated rings. The van der Waals surface area contributed by atoms with Crippen molar-refractivity contribution < 1.29 is 30.7 Å². The minimum Gasteiger partial charge on any atom is -0.399 e. The summed E-state index contributed by atoms with van der Waals surface area (Å²) in [5.74, 6) is -0.798. The van der Waals surface area contributed by atoms with Crippen molar-refractivity contribution in [1.82, 2.24) is 0 Å². The molecule has 2 aromatic carbocycles. The SMILES string of the molecule is Nc1ccc(S(=O)(=O)O[C@@H](c2ccc(F)cc2)C(F)(F)[N+](=O)[O-])cc1. The van der Waals surface area contributed by atoms with Gasteiger partial charge in [-0.15, -0.1) is 8.78 Å². The number of rotatable bonds is 6. The van der Waals surface area contributed by atoms with Gasteiger partial charge in [0.05, 0.1) is 9.82 Å². The Labute approximate surface area is 140 Å². The van der Waals surface area contributed by atoms with E-state index < -0.39 is 43.5 Å². The Hall–Kier alpha value is -2.66. The molecule has 0 aliphatic heterocycles. The number of nitro groups is 1. The highest BCUT2D eigenvalue weighted by atomic mass is 32.2. The monoisotopic (exact) mass is 376 g/mol. The number of nitrogens with two attached hydrogens (primary N) is 1. The predicted molar refractivity (Wildman–Crippen MR) is 80.2 cm³/mol. The van der Waals surface area contributed by atoms with E-state index in [2.05, 4.69) is 4.18 Å². The predicted octanol–water partition coefficient (Wildman–Crippen LogP) is 2.72. The van der Waals surface area contributed by atoms with Crippen LogP contribution in [0, 0.1) is 15.9 Å². The molecule has 0 radical (unpaired) electrons. The Morgan fingerprint density at radius 1 is 1.08 bits per heavy atom. The molecule has 0 aliphatic rings. The molecule has 0 unspecified atom stereocenters. The largest absolute Gasteiger partial charge is 0.543 e. The van der Waals surface area contributed by atoms with Crippen molar-refractivity contribution in [3.63, 3.8) is 0 Å². The van der Waals surface area contributed by atoms with Crippen LogP contribution in [-0.2, 0) is 14.3 Å². The second-order valence-electron chi connectivity index (χ2n) is 4.90. The molecule has 11 heteroatoms. The van der Waals surface area contributed by atoms with Crippen molar-refractivity contribution in [2.45, 2.75) is 17.0 Å². The zero-order valence-electron chi connectivity index (χ0n) is 12.3. The minimum atomic E-state index is -4.78. The number of hydrogen-bond donors (Lipinski definition) is 1. The number of hydrogen-bond acceptors (Lipinski definition) is 6. The van der Waals surface area contributed by atoms with E-state index in [1.54, 1.807) is 0 Å². The van der Waals surface area contributed by atoms with Crippen LogP contribution in [0.1, 0.15) is 11.7 Å². The van der Waals surface area contributed by atoms with Gasteiger partial charge in [-0.3, -0.25) is 10.1 Å². The first-order valence-corrected chi connectivity index (χ1v) is 8.01. The first-order chi connectivity index (χ1) is 11.5. The smallest absolute Gasteiger partial charge is 0.399 e. The maximum Gasteiger partial charge on any atom is 0.543 e. The number of alkyl halides is 2. The van der Waals surface area contributed by atoms with Crippen LogP contribution in [0.15, 0.2) is 53.4 Å². The Bertz CT molecular complexity index is 870. The third-order valence-electron chi connectivity index (χ3n) is 3.12. The van der Waals surface area contributed by atoms with E-state index >= 15 is 0 Å². The summed E-state index contributed by atoms with van der Waals surface area (Å²) in [6.07, 6.45) is -2.79. The minimum absolute atomic E-state index is 0.213. The van der Waals surface area contributed by atoms with Gasteiger partial charge in [-0.05, 0) is 42.0 Å². The van der Waals surface area contributed by atoms with Gasteiger partial charge in [0.25, 0.3) is 10.1 Å². The molecule has 2 N–H and O–H groups in total. The van der Waals surface area contributed by atoms with Crippen molar-refractivity contribution in [2.24, 2.45) is 0 Å². The van der Waals surface area contributed by atoms with Gasteiger partial charge < -0.3 is 5.73 Å². The van der Waals surface area contributed by atoms with Crippen LogP contribution in [-0.4, -0.2) is 19.4 Å². The van der Waals surface area contributed by atoms with E-state index in [-0.39, 0.29) is 5.69 Å². The molecule has 0 amide bonds. The van der Waals surface area contributed by atoms with Crippen LogP contribution in [0.3, 0.4) is 0 Å². The Morgan fingerprint density at radius 3 is 2.08 bits per heavy atom. The topological polar surface area (TPSA) is 113 Å². The van der Waals surface area contributed by atoms with Gasteiger partial charge in [0.2, 0.25) is 6.10 Å². The fraction of sp³-hybridized carbons (Fsp3) is 0.143. The lowest BCUT2D eigenvalue weighted by atomic mass is 10.1. The van der Waals surface area contributed by atoms with E-state index in [9.17, 15) is 31.7 Å². The molecule has 0 spiro atoms. The maximum atomic E-state index is 13.9. The fourth-order valence-electron chi connectivity index (χ4n) is 1.86. The molecule has 1 atom stereocenters. The van der Waals surface area contributed by atoms with E-state index in [0.717, 1.165) is 36.4 Å². The average molecular weight is 376 g/mol. The summed E-state index contributed by atoms with van der Waals surface area (Å²) in [4.78, 5) is 8.17. The van der Waals surface area contributed by atoms with E-state index in [4.69, 9.17) is 5.73 Å². The van der Waals surface area contributed by atoms with E-state index in [1.807, 2.05) is 0 Å². The molecule has 0 saturated carbocycles. The summed E-state index contributed by atoms with van der Waals surface area (Å²) in [5, 5.41) is 10.7. The van der Waals surface area contributed by atoms with Crippen LogP contribution >= 0.6 is 0 Å². The third kappa shape index (κ3) is 4.06. The number of halogens is 3. The number of benzene rings is 2. The quantitative estimate of drug-likeness (QED) is 0.273. The summed E-state index contributed by atoms with van der Waals surface area (Å²) in [5.41, 5.74) is 5.04. The second-order valence-corrected chi connectivity index (χ2v) is 6.47. The van der Waals surface area contributed by atoms with Gasteiger partial charge in [0.15, 0.2) is 0 Å². The number of anilines is 1. The zero-order valence-corrected chi connectivity index (χ0v) is 13.1. The van der Waals surface area contributed by atoms with Crippen LogP contribution in [0.2, 0.25) is 0 Å². The van der Waals surface area contributed by atoms with E-state index in [1.165, 1.54) is 12.1 Å². The molecule has 2 rings (SSSR count). The van der Waals surface area contributed by atoms with Crippen molar-refractivity contribution in [2.75, 3.05) is 5.73 Å². The Kier molecular flexibility index (Phi) is 4.99. The molecule has 25 heavy (non-hydrogen) atoms. The summed E-state index contributed by atoms with van der Waals surface area (Å²) in [7, 11) is -4.78. The van der Waals surface area contributed by atoms with Gasteiger partial charge in [0.1, 0.15) is 5.82 Å². The first kappa shape index (κ1) is 18.7. The zero-order chi connectivity index (χ0) is 18.8. The molecule has 0 aliphatic carbocycles. The Morgan fingerprint density at radius 2 is 1.60 bits per heavy atom. The molecular formula is C14H11F3N2O5S. The van der Waals surface area contributed by atoms with Gasteiger partial charge in [-0.2, -0.15) is 8.42 Å². The normalized spacial score (nSPS) is 13.4. The highest BCUT2D eigenvalue weighted by Gasteiger charge is 2.57. The molecule has 0 aromatic heterocycles. The summed E-state index contributed by atoms with van der Waals surface area (Å²) in [6.45, 7) is 0. The van der Waals surface area contributed by atoms with Crippen molar-refractivity contribution in [3.8, 4) is 0 Å². The highest BCUT2D eigenvalue weighted by Crippen LogP contribution is 2.37. The molecule has 0 heterocycles. The van der Waals surface area contributed by atoms with Crippen LogP contribution in [0.4, 0.5) is 18.9 Å². The van der Waals surface area contributed by atoms with Gasteiger partial charge in [-0.1, -0.05) is 12.1 Å². The maximum absolute atomic E-state index is 13.9. The van der Waals surface area contributed by atoms with E-state index in [0.29, 0.717) is 0 Å². The van der Waals surface area contributed by atoms with Crippen molar-refractivity contribution in [1.29, 1.82) is 0 Å².